The summed E-state index contributed by atoms with van der Waals surface area (Å²) in [6.45, 7) is 9.07. The molecule has 1 aromatic heterocycles. The molecule has 0 fully saturated rings. The molecule has 0 aliphatic rings. The Kier molecular flexibility index (Phi) is 5.20. The van der Waals surface area contributed by atoms with E-state index in [0.29, 0.717) is 0 Å². The maximum atomic E-state index is 5.61. The van der Waals surface area contributed by atoms with Gasteiger partial charge in [-0.3, -0.25) is 4.98 Å². The van der Waals surface area contributed by atoms with E-state index < -0.39 is 0 Å². The Morgan fingerprint density at radius 1 is 1.10 bits per heavy atom. The van der Waals surface area contributed by atoms with Gasteiger partial charge in [0, 0.05) is 11.7 Å². The lowest BCUT2D eigenvalue weighted by atomic mass is 10.1. The Hall–Kier alpha value is -2.03. The summed E-state index contributed by atoms with van der Waals surface area (Å²) >= 11 is 0. The molecule has 1 aromatic carbocycles. The van der Waals surface area contributed by atoms with E-state index in [1.165, 1.54) is 5.56 Å². The third kappa shape index (κ3) is 4.22. The SMILES string of the molecule is CCCOc1ccc(C(C)Nc2ccc(C)nc2C)cc1. The van der Waals surface area contributed by atoms with Crippen molar-refractivity contribution in [1.29, 1.82) is 0 Å². The highest BCUT2D eigenvalue weighted by Crippen LogP contribution is 2.23. The second kappa shape index (κ2) is 7.11. The van der Waals surface area contributed by atoms with Gasteiger partial charge in [-0.15, -0.1) is 0 Å². The van der Waals surface area contributed by atoms with E-state index >= 15 is 0 Å². The molecular weight excluding hydrogens is 260 g/mol. The molecule has 2 rings (SSSR count). The summed E-state index contributed by atoms with van der Waals surface area (Å²) in [4.78, 5) is 4.49. The molecule has 3 heteroatoms. The number of nitrogens with zero attached hydrogens (tertiary/aromatic N) is 1. The number of hydrogen-bond acceptors (Lipinski definition) is 3. The van der Waals surface area contributed by atoms with E-state index in [9.17, 15) is 0 Å². The molecule has 0 radical (unpaired) electrons. The van der Waals surface area contributed by atoms with Crippen LogP contribution in [0.1, 0.15) is 43.3 Å². The van der Waals surface area contributed by atoms with Gasteiger partial charge in [-0.05, 0) is 57.0 Å². The summed E-state index contributed by atoms with van der Waals surface area (Å²) < 4.78 is 5.61. The molecule has 1 heterocycles. The van der Waals surface area contributed by atoms with Crippen LogP contribution in [0.15, 0.2) is 36.4 Å². The van der Waals surface area contributed by atoms with E-state index in [2.05, 4.69) is 42.3 Å². The van der Waals surface area contributed by atoms with Crippen LogP contribution in [0, 0.1) is 13.8 Å². The van der Waals surface area contributed by atoms with Crippen molar-refractivity contribution in [3.05, 3.63) is 53.3 Å². The molecule has 0 aliphatic carbocycles. The number of aromatic nitrogens is 1. The molecule has 2 aromatic rings. The van der Waals surface area contributed by atoms with Gasteiger partial charge in [0.15, 0.2) is 0 Å². The Balaban J connectivity index is 2.04. The van der Waals surface area contributed by atoms with Crippen molar-refractivity contribution >= 4 is 5.69 Å². The highest BCUT2D eigenvalue weighted by molar-refractivity contribution is 5.49. The van der Waals surface area contributed by atoms with Crippen LogP contribution in [0.25, 0.3) is 0 Å². The number of benzene rings is 1. The third-order valence-corrected chi connectivity index (χ3v) is 3.45. The molecule has 0 saturated heterocycles. The lowest BCUT2D eigenvalue weighted by Gasteiger charge is -2.17. The number of ether oxygens (including phenoxy) is 1. The van der Waals surface area contributed by atoms with Crippen LogP contribution in [0.3, 0.4) is 0 Å². The molecule has 3 nitrogen and oxygen atoms in total. The predicted molar refractivity (Wildman–Crippen MR) is 88.0 cm³/mol. The zero-order valence-electron chi connectivity index (χ0n) is 13.3. The Bertz CT molecular complexity index is 578. The molecule has 1 N–H and O–H groups in total. The lowest BCUT2D eigenvalue weighted by Crippen LogP contribution is -2.08. The van der Waals surface area contributed by atoms with Gasteiger partial charge in [-0.25, -0.2) is 0 Å². The molecule has 0 bridgehead atoms. The first-order valence-corrected chi connectivity index (χ1v) is 7.53. The molecule has 0 spiro atoms. The number of nitrogens with one attached hydrogen (secondary N) is 1. The van der Waals surface area contributed by atoms with Gasteiger partial charge in [-0.1, -0.05) is 19.1 Å². The fraction of sp³-hybridized carbons (Fsp3) is 0.389. The normalized spacial score (nSPS) is 12.0. The summed E-state index contributed by atoms with van der Waals surface area (Å²) in [6.07, 6.45) is 1.03. The van der Waals surface area contributed by atoms with Crippen molar-refractivity contribution in [3.63, 3.8) is 0 Å². The fourth-order valence-electron chi connectivity index (χ4n) is 2.23. The van der Waals surface area contributed by atoms with Crippen molar-refractivity contribution in [2.24, 2.45) is 0 Å². The Morgan fingerprint density at radius 2 is 1.81 bits per heavy atom. The minimum Gasteiger partial charge on any atom is -0.494 e. The minimum atomic E-state index is 0.230. The summed E-state index contributed by atoms with van der Waals surface area (Å²) in [6, 6.07) is 12.6. The number of aryl methyl sites for hydroxylation is 2. The monoisotopic (exact) mass is 284 g/mol. The van der Waals surface area contributed by atoms with Crippen LogP contribution < -0.4 is 10.1 Å². The molecule has 21 heavy (non-hydrogen) atoms. The van der Waals surface area contributed by atoms with Gasteiger partial charge in [-0.2, -0.15) is 0 Å². The first-order chi connectivity index (χ1) is 10.1. The van der Waals surface area contributed by atoms with Gasteiger partial charge in [0.2, 0.25) is 0 Å². The summed E-state index contributed by atoms with van der Waals surface area (Å²) in [5, 5.41) is 3.51. The number of hydrogen-bond donors (Lipinski definition) is 1. The van der Waals surface area contributed by atoms with Crippen molar-refractivity contribution in [2.75, 3.05) is 11.9 Å². The molecule has 0 saturated carbocycles. The first kappa shape index (κ1) is 15.4. The number of anilines is 1. The second-order valence-electron chi connectivity index (χ2n) is 5.37. The van der Waals surface area contributed by atoms with Crippen LogP contribution in [-0.4, -0.2) is 11.6 Å². The molecular formula is C18H24N2O. The van der Waals surface area contributed by atoms with Gasteiger partial charge < -0.3 is 10.1 Å². The van der Waals surface area contributed by atoms with Crippen LogP contribution in [-0.2, 0) is 0 Å². The second-order valence-corrected chi connectivity index (χ2v) is 5.37. The largest absolute Gasteiger partial charge is 0.494 e. The molecule has 0 aliphatic heterocycles. The Morgan fingerprint density at radius 3 is 2.43 bits per heavy atom. The summed E-state index contributed by atoms with van der Waals surface area (Å²) in [7, 11) is 0. The highest BCUT2D eigenvalue weighted by atomic mass is 16.5. The van der Waals surface area contributed by atoms with Gasteiger partial charge >= 0.3 is 0 Å². The number of rotatable bonds is 6. The molecule has 0 amide bonds. The van der Waals surface area contributed by atoms with Crippen LogP contribution >= 0.6 is 0 Å². The van der Waals surface area contributed by atoms with E-state index in [4.69, 9.17) is 4.74 Å². The predicted octanol–water partition coefficient (Wildman–Crippen LogP) is 4.66. The lowest BCUT2D eigenvalue weighted by molar-refractivity contribution is 0.317. The van der Waals surface area contributed by atoms with Crippen molar-refractivity contribution < 1.29 is 4.74 Å². The maximum Gasteiger partial charge on any atom is 0.119 e. The zero-order valence-corrected chi connectivity index (χ0v) is 13.3. The van der Waals surface area contributed by atoms with E-state index in [1.807, 2.05) is 32.0 Å². The summed E-state index contributed by atoms with van der Waals surface area (Å²) in [5.74, 6) is 0.931. The van der Waals surface area contributed by atoms with Gasteiger partial charge in [0.05, 0.1) is 18.0 Å². The van der Waals surface area contributed by atoms with Crippen molar-refractivity contribution in [3.8, 4) is 5.75 Å². The highest BCUT2D eigenvalue weighted by Gasteiger charge is 2.08. The molecule has 1 atom stereocenters. The van der Waals surface area contributed by atoms with E-state index in [0.717, 1.165) is 35.9 Å². The van der Waals surface area contributed by atoms with Gasteiger partial charge in [0.1, 0.15) is 5.75 Å². The number of pyridine rings is 1. The van der Waals surface area contributed by atoms with Crippen molar-refractivity contribution in [1.82, 2.24) is 4.98 Å². The quantitative estimate of drug-likeness (QED) is 0.837. The third-order valence-electron chi connectivity index (χ3n) is 3.45. The topological polar surface area (TPSA) is 34.1 Å². The van der Waals surface area contributed by atoms with Crippen LogP contribution in [0.5, 0.6) is 5.75 Å². The van der Waals surface area contributed by atoms with Crippen molar-refractivity contribution in [2.45, 2.75) is 40.2 Å². The smallest absolute Gasteiger partial charge is 0.119 e. The summed E-state index contributed by atoms with van der Waals surface area (Å²) in [5.41, 5.74) is 4.39. The van der Waals surface area contributed by atoms with E-state index in [-0.39, 0.29) is 6.04 Å². The molecule has 112 valence electrons. The zero-order chi connectivity index (χ0) is 15.2. The van der Waals surface area contributed by atoms with Crippen LogP contribution in [0.2, 0.25) is 0 Å². The van der Waals surface area contributed by atoms with Crippen LogP contribution in [0.4, 0.5) is 5.69 Å². The average Bonchev–Trinajstić information content (AvgIpc) is 2.48. The molecule has 1 unspecified atom stereocenters. The Labute approximate surface area is 127 Å². The average molecular weight is 284 g/mol. The minimum absolute atomic E-state index is 0.230. The van der Waals surface area contributed by atoms with Gasteiger partial charge in [0.25, 0.3) is 0 Å². The maximum absolute atomic E-state index is 5.61. The first-order valence-electron chi connectivity index (χ1n) is 7.53. The fourth-order valence-corrected chi connectivity index (χ4v) is 2.23. The standard InChI is InChI=1S/C18H24N2O/c1-5-12-21-17-9-7-16(8-10-17)14(3)20-18-11-6-13(2)19-15(18)4/h6-11,14,20H,5,12H2,1-4H3. The van der Waals surface area contributed by atoms with E-state index in [1.54, 1.807) is 0 Å².